The minimum Gasteiger partial charge on any atom is -0.394 e. The topological polar surface area (TPSA) is 149 Å². The number of hydrogen-bond acceptors (Lipinski definition) is 8. The van der Waals surface area contributed by atoms with Gasteiger partial charge in [-0.3, -0.25) is 4.79 Å². The average molecular weight is 1030 g/mol. The van der Waals surface area contributed by atoms with Crippen molar-refractivity contribution in [1.82, 2.24) is 5.32 Å². The lowest BCUT2D eigenvalue weighted by molar-refractivity contribution is -0.302. The van der Waals surface area contributed by atoms with E-state index in [-0.39, 0.29) is 12.5 Å². The average Bonchev–Trinajstić information content (AvgIpc) is 3.39. The number of rotatable bonds is 53. The third kappa shape index (κ3) is 42.7. The van der Waals surface area contributed by atoms with Crippen molar-refractivity contribution in [2.75, 3.05) is 13.2 Å². The molecule has 0 radical (unpaired) electrons. The molecule has 1 aliphatic heterocycles. The summed E-state index contributed by atoms with van der Waals surface area (Å²) in [5.41, 5.74) is 0. The van der Waals surface area contributed by atoms with Crippen LogP contribution < -0.4 is 5.32 Å². The number of nitrogens with one attached hydrogen (secondary N) is 1. The smallest absolute Gasteiger partial charge is 0.220 e. The molecule has 1 heterocycles. The van der Waals surface area contributed by atoms with Gasteiger partial charge in [-0.1, -0.05) is 261 Å². The molecule has 7 unspecified atom stereocenters. The lowest BCUT2D eigenvalue weighted by Crippen LogP contribution is -2.60. The van der Waals surface area contributed by atoms with Gasteiger partial charge in [0.25, 0.3) is 0 Å². The van der Waals surface area contributed by atoms with Gasteiger partial charge < -0.3 is 40.3 Å². The Hall–Kier alpha value is -2.11. The number of carbonyl (C=O) groups is 1. The van der Waals surface area contributed by atoms with Crippen molar-refractivity contribution in [3.8, 4) is 0 Å². The van der Waals surface area contributed by atoms with Gasteiger partial charge in [0.1, 0.15) is 24.4 Å². The van der Waals surface area contributed by atoms with Gasteiger partial charge >= 0.3 is 0 Å². The molecule has 0 aromatic carbocycles. The first-order valence-electron chi connectivity index (χ1n) is 31.0. The van der Waals surface area contributed by atoms with Crippen LogP contribution in [-0.2, 0) is 14.3 Å². The predicted octanol–water partition coefficient (Wildman–Crippen LogP) is 15.9. The van der Waals surface area contributed by atoms with Gasteiger partial charge in [-0.05, 0) is 77.0 Å². The molecule has 0 aromatic heterocycles. The summed E-state index contributed by atoms with van der Waals surface area (Å²) >= 11 is 0. The van der Waals surface area contributed by atoms with Crippen LogP contribution in [0, 0.1) is 0 Å². The molecule has 1 saturated heterocycles. The number of aliphatic hydroxyl groups is 5. The van der Waals surface area contributed by atoms with Gasteiger partial charge in [-0.25, -0.2) is 0 Å². The summed E-state index contributed by atoms with van der Waals surface area (Å²) in [4.78, 5) is 13.1. The van der Waals surface area contributed by atoms with Crippen LogP contribution >= 0.6 is 0 Å². The van der Waals surface area contributed by atoms with Crippen LogP contribution in [0.1, 0.15) is 284 Å². The summed E-state index contributed by atoms with van der Waals surface area (Å²) in [6.07, 6.45) is 65.9. The molecule has 6 N–H and O–H groups in total. The first kappa shape index (κ1) is 68.9. The highest BCUT2D eigenvalue weighted by atomic mass is 16.7. The Morgan fingerprint density at radius 2 is 0.822 bits per heavy atom. The Bertz CT molecular complexity index is 1330. The maximum atomic E-state index is 13.1. The van der Waals surface area contributed by atoms with Crippen LogP contribution in [0.3, 0.4) is 0 Å². The molecule has 73 heavy (non-hydrogen) atoms. The zero-order valence-electron chi connectivity index (χ0n) is 47.4. The van der Waals surface area contributed by atoms with Gasteiger partial charge in [0, 0.05) is 6.42 Å². The second-order valence-corrected chi connectivity index (χ2v) is 21.5. The standard InChI is InChI=1S/C64H117NO8/c1-3-5-7-9-11-13-15-17-19-21-22-23-24-25-26-27-28-29-30-31-32-33-34-35-36-38-40-42-44-46-48-50-52-54-60(68)65-57(56-72-64-63(71)62(70)61(69)59(55-66)73-64)58(67)53-51-49-47-45-43-41-39-37-20-18-16-14-12-10-8-6-4-2/h20,22-23,25-26,37,43,45,51,53,57-59,61-64,66-67,69-71H,3-19,21,24,27-36,38-42,44,46-50,52,54-56H2,1-2H3,(H,65,68)/b23-22-,26-25-,37-20+,45-43+,53-51+. The first-order valence-corrected chi connectivity index (χ1v) is 31.0. The van der Waals surface area contributed by atoms with E-state index in [4.69, 9.17) is 9.47 Å². The molecule has 0 spiro atoms. The van der Waals surface area contributed by atoms with Gasteiger partial charge in [0.15, 0.2) is 6.29 Å². The Kier molecular flexibility index (Phi) is 50.3. The number of aliphatic hydroxyl groups excluding tert-OH is 5. The van der Waals surface area contributed by atoms with Crippen molar-refractivity contribution < 1.29 is 39.8 Å². The predicted molar refractivity (Wildman–Crippen MR) is 309 cm³/mol. The van der Waals surface area contributed by atoms with Crippen molar-refractivity contribution in [2.45, 2.75) is 326 Å². The van der Waals surface area contributed by atoms with Gasteiger partial charge in [0.05, 0.1) is 25.4 Å². The molecule has 1 amide bonds. The van der Waals surface area contributed by atoms with E-state index in [1.165, 1.54) is 205 Å². The minimum atomic E-state index is -1.58. The summed E-state index contributed by atoms with van der Waals surface area (Å²) in [5.74, 6) is -0.189. The molecular weight excluding hydrogens is 911 g/mol. The summed E-state index contributed by atoms with van der Waals surface area (Å²) in [6, 6.07) is -0.829. The lowest BCUT2D eigenvalue weighted by atomic mass is 9.99. The van der Waals surface area contributed by atoms with Crippen molar-refractivity contribution in [1.29, 1.82) is 0 Å². The molecule has 0 saturated carbocycles. The van der Waals surface area contributed by atoms with Crippen molar-refractivity contribution in [3.63, 3.8) is 0 Å². The fraction of sp³-hybridized carbons (Fsp3) is 0.828. The van der Waals surface area contributed by atoms with Gasteiger partial charge in [-0.2, -0.15) is 0 Å². The monoisotopic (exact) mass is 1030 g/mol. The first-order chi connectivity index (χ1) is 35.8. The maximum absolute atomic E-state index is 13.1. The number of amides is 1. The molecule has 1 rings (SSSR count). The van der Waals surface area contributed by atoms with E-state index >= 15 is 0 Å². The van der Waals surface area contributed by atoms with Crippen LogP contribution in [-0.4, -0.2) is 87.5 Å². The Balaban J connectivity index is 2.15. The third-order valence-corrected chi connectivity index (χ3v) is 14.5. The molecule has 7 atom stereocenters. The van der Waals surface area contributed by atoms with E-state index in [2.05, 4.69) is 67.8 Å². The van der Waals surface area contributed by atoms with Gasteiger partial charge in [-0.15, -0.1) is 0 Å². The van der Waals surface area contributed by atoms with Crippen LogP contribution in [0.4, 0.5) is 0 Å². The summed E-state index contributed by atoms with van der Waals surface area (Å²) in [7, 11) is 0. The molecule has 0 bridgehead atoms. The zero-order valence-corrected chi connectivity index (χ0v) is 47.4. The maximum Gasteiger partial charge on any atom is 0.220 e. The number of unbranched alkanes of at least 4 members (excludes halogenated alkanes) is 35. The Morgan fingerprint density at radius 3 is 1.23 bits per heavy atom. The lowest BCUT2D eigenvalue weighted by Gasteiger charge is -2.40. The fourth-order valence-electron chi connectivity index (χ4n) is 9.63. The molecule has 1 aliphatic rings. The summed E-state index contributed by atoms with van der Waals surface area (Å²) in [6.45, 7) is 3.77. The Morgan fingerprint density at radius 1 is 0.466 bits per heavy atom. The summed E-state index contributed by atoms with van der Waals surface area (Å²) in [5, 5.41) is 54.5. The third-order valence-electron chi connectivity index (χ3n) is 14.5. The van der Waals surface area contributed by atoms with Crippen molar-refractivity contribution >= 4 is 5.91 Å². The van der Waals surface area contributed by atoms with E-state index < -0.39 is 49.5 Å². The number of allylic oxidation sites excluding steroid dienone is 9. The Labute approximate surface area is 449 Å². The van der Waals surface area contributed by atoms with E-state index in [1.54, 1.807) is 6.08 Å². The number of carbonyl (C=O) groups excluding carboxylic acids is 1. The van der Waals surface area contributed by atoms with E-state index in [1.807, 2.05) is 6.08 Å². The molecule has 9 nitrogen and oxygen atoms in total. The second kappa shape index (κ2) is 53.3. The quantitative estimate of drug-likeness (QED) is 0.0261. The molecule has 426 valence electrons. The number of ether oxygens (including phenoxy) is 2. The minimum absolute atomic E-state index is 0.189. The van der Waals surface area contributed by atoms with E-state index in [9.17, 15) is 30.3 Å². The normalized spacial score (nSPS) is 19.5. The second-order valence-electron chi connectivity index (χ2n) is 21.5. The number of hydrogen-bond donors (Lipinski definition) is 6. The SMILES string of the molecule is CCCCCCCCC/C=C/CC/C=C/CC/C=C/C(O)C(COC1OC(CO)C(O)C(O)C1O)NC(=O)CCCCCCCCCCCCCCCCCCC/C=C\C/C=C\CCCCCCCCCCC. The summed E-state index contributed by atoms with van der Waals surface area (Å²) < 4.78 is 11.3. The highest BCUT2D eigenvalue weighted by Crippen LogP contribution is 2.23. The van der Waals surface area contributed by atoms with Crippen LogP contribution in [0.25, 0.3) is 0 Å². The van der Waals surface area contributed by atoms with Crippen molar-refractivity contribution in [2.24, 2.45) is 0 Å². The molecular formula is C64H117NO8. The van der Waals surface area contributed by atoms with Crippen molar-refractivity contribution in [3.05, 3.63) is 60.8 Å². The highest BCUT2D eigenvalue weighted by molar-refractivity contribution is 5.76. The van der Waals surface area contributed by atoms with E-state index in [0.717, 1.165) is 57.8 Å². The van der Waals surface area contributed by atoms with Crippen LogP contribution in [0.5, 0.6) is 0 Å². The molecule has 9 heteroatoms. The fourth-order valence-corrected chi connectivity index (χ4v) is 9.63. The van der Waals surface area contributed by atoms with Crippen LogP contribution in [0.2, 0.25) is 0 Å². The molecule has 0 aliphatic carbocycles. The van der Waals surface area contributed by atoms with Gasteiger partial charge in [0.2, 0.25) is 5.91 Å². The largest absolute Gasteiger partial charge is 0.394 e. The van der Waals surface area contributed by atoms with E-state index in [0.29, 0.717) is 6.42 Å². The highest BCUT2D eigenvalue weighted by Gasteiger charge is 2.44. The molecule has 1 fully saturated rings. The molecule has 0 aromatic rings. The van der Waals surface area contributed by atoms with Crippen LogP contribution in [0.15, 0.2) is 60.8 Å². The zero-order chi connectivity index (χ0) is 52.9.